The van der Waals surface area contributed by atoms with Crippen LogP contribution in [0.3, 0.4) is 0 Å². The van der Waals surface area contributed by atoms with Crippen LogP contribution in [0, 0.1) is 0 Å². The second-order valence-electron chi connectivity index (χ2n) is 6.41. The Kier molecular flexibility index (Phi) is 7.58. The molecule has 9 heteroatoms. The summed E-state index contributed by atoms with van der Waals surface area (Å²) in [4.78, 5) is 27.4. The maximum absolute atomic E-state index is 13.7. The van der Waals surface area contributed by atoms with Crippen LogP contribution in [0.2, 0.25) is 0 Å². The first-order valence-corrected chi connectivity index (χ1v) is 9.34. The molecule has 1 amide bonds. The van der Waals surface area contributed by atoms with E-state index >= 15 is 0 Å². The lowest BCUT2D eigenvalue weighted by molar-refractivity contribution is -0.127. The van der Waals surface area contributed by atoms with Gasteiger partial charge in [-0.05, 0) is 13.0 Å². The number of anilines is 1. The van der Waals surface area contributed by atoms with E-state index in [0.717, 1.165) is 0 Å². The number of amidine groups is 1. The highest BCUT2D eigenvalue weighted by molar-refractivity contribution is 6.00. The second kappa shape index (κ2) is 9.90. The minimum absolute atomic E-state index is 0.102. The Hall–Kier alpha value is -3.10. The molecule has 1 aromatic rings. The van der Waals surface area contributed by atoms with E-state index in [1.807, 2.05) is 11.8 Å². The van der Waals surface area contributed by atoms with Gasteiger partial charge in [0, 0.05) is 38.8 Å². The summed E-state index contributed by atoms with van der Waals surface area (Å²) >= 11 is 0. The Bertz CT molecular complexity index is 796. The van der Waals surface area contributed by atoms with E-state index in [4.69, 9.17) is 0 Å². The number of hydrogen-bond donors (Lipinski definition) is 1. The molecule has 2 heterocycles. The highest BCUT2D eigenvalue weighted by atomic mass is 19.3. The number of nitrogens with zero attached hydrogens (tertiary/aromatic N) is 5. The number of piperazine rings is 1. The number of rotatable bonds is 7. The van der Waals surface area contributed by atoms with E-state index in [0.29, 0.717) is 43.4 Å². The van der Waals surface area contributed by atoms with Crippen LogP contribution in [0.25, 0.3) is 0 Å². The van der Waals surface area contributed by atoms with Crippen LogP contribution in [0.1, 0.15) is 26.1 Å². The molecular formula is C20H26F2N6O. The van der Waals surface area contributed by atoms with Crippen LogP contribution < -0.4 is 5.32 Å². The lowest BCUT2D eigenvalue weighted by Gasteiger charge is -2.36. The molecule has 1 aromatic heterocycles. The number of halogens is 2. The van der Waals surface area contributed by atoms with Crippen LogP contribution in [0.15, 0.2) is 54.6 Å². The number of aliphatic imine (C=N–C) groups is 1. The molecular weight excluding hydrogens is 378 g/mol. The van der Waals surface area contributed by atoms with E-state index in [-0.39, 0.29) is 12.3 Å². The molecule has 7 nitrogen and oxygen atoms in total. The normalized spacial score (nSPS) is 15.5. The number of carbonyl (C=O) groups is 1. The summed E-state index contributed by atoms with van der Waals surface area (Å²) in [5.41, 5.74) is 0.907. The van der Waals surface area contributed by atoms with Gasteiger partial charge in [0.15, 0.2) is 11.7 Å². The SMILES string of the molecule is C=CC(=O)N1CCN(C(=N/C=C\C)C(=C)Nc2cnc(C(F)(F)CC)nc2)CC1. The fourth-order valence-corrected chi connectivity index (χ4v) is 2.73. The van der Waals surface area contributed by atoms with Crippen molar-refractivity contribution < 1.29 is 13.6 Å². The largest absolute Gasteiger partial charge is 0.351 e. The van der Waals surface area contributed by atoms with Crippen LogP contribution in [-0.4, -0.2) is 57.7 Å². The van der Waals surface area contributed by atoms with Gasteiger partial charge in [-0.15, -0.1) is 0 Å². The minimum Gasteiger partial charge on any atom is -0.351 e. The van der Waals surface area contributed by atoms with Crippen molar-refractivity contribution in [3.63, 3.8) is 0 Å². The molecule has 1 N–H and O–H groups in total. The van der Waals surface area contributed by atoms with Crippen LogP contribution in [-0.2, 0) is 10.7 Å². The lowest BCUT2D eigenvalue weighted by Crippen LogP contribution is -2.51. The smallest absolute Gasteiger partial charge is 0.306 e. The van der Waals surface area contributed by atoms with Crippen molar-refractivity contribution in [2.24, 2.45) is 4.99 Å². The van der Waals surface area contributed by atoms with Crippen molar-refractivity contribution in [3.05, 3.63) is 55.4 Å². The number of nitrogens with one attached hydrogen (secondary N) is 1. The Morgan fingerprint density at radius 1 is 1.28 bits per heavy atom. The zero-order valence-electron chi connectivity index (χ0n) is 16.7. The summed E-state index contributed by atoms with van der Waals surface area (Å²) in [7, 11) is 0. The van der Waals surface area contributed by atoms with E-state index in [2.05, 4.69) is 33.4 Å². The minimum atomic E-state index is -3.06. The van der Waals surface area contributed by atoms with Gasteiger partial charge in [-0.25, -0.2) is 15.0 Å². The maximum atomic E-state index is 13.7. The summed E-state index contributed by atoms with van der Waals surface area (Å²) in [6.07, 6.45) is 6.96. The molecule has 1 aliphatic rings. The van der Waals surface area contributed by atoms with Gasteiger partial charge in [0.25, 0.3) is 0 Å². The molecule has 29 heavy (non-hydrogen) atoms. The molecule has 0 aromatic carbocycles. The molecule has 0 atom stereocenters. The quantitative estimate of drug-likeness (QED) is 0.429. The first kappa shape index (κ1) is 22.2. The maximum Gasteiger partial charge on any atom is 0.306 e. The number of allylic oxidation sites excluding steroid dienone is 1. The third kappa shape index (κ3) is 5.69. The van der Waals surface area contributed by atoms with Crippen molar-refractivity contribution in [3.8, 4) is 0 Å². The first-order valence-electron chi connectivity index (χ1n) is 9.34. The first-order chi connectivity index (χ1) is 13.8. The zero-order chi connectivity index (χ0) is 21.4. The fourth-order valence-electron chi connectivity index (χ4n) is 2.73. The summed E-state index contributed by atoms with van der Waals surface area (Å²) in [5, 5.41) is 3.02. The Labute approximate surface area is 169 Å². The number of aromatic nitrogens is 2. The van der Waals surface area contributed by atoms with E-state index in [1.165, 1.54) is 25.4 Å². The molecule has 0 aliphatic carbocycles. The van der Waals surface area contributed by atoms with Crippen LogP contribution in [0.5, 0.6) is 0 Å². The predicted octanol–water partition coefficient (Wildman–Crippen LogP) is 3.17. The number of amides is 1. The van der Waals surface area contributed by atoms with Gasteiger partial charge in [-0.1, -0.05) is 26.2 Å². The zero-order valence-corrected chi connectivity index (χ0v) is 16.7. The molecule has 1 aliphatic heterocycles. The molecule has 0 bridgehead atoms. The van der Waals surface area contributed by atoms with Crippen molar-refractivity contribution in [1.82, 2.24) is 19.8 Å². The van der Waals surface area contributed by atoms with Crippen molar-refractivity contribution in [2.45, 2.75) is 26.2 Å². The third-order valence-electron chi connectivity index (χ3n) is 4.40. The van der Waals surface area contributed by atoms with E-state index in [9.17, 15) is 13.6 Å². The van der Waals surface area contributed by atoms with Crippen molar-refractivity contribution in [2.75, 3.05) is 31.5 Å². The monoisotopic (exact) mass is 404 g/mol. The number of alkyl halides is 2. The average Bonchev–Trinajstić information content (AvgIpc) is 2.74. The van der Waals surface area contributed by atoms with Gasteiger partial charge in [0.1, 0.15) is 0 Å². The van der Waals surface area contributed by atoms with Gasteiger partial charge < -0.3 is 15.1 Å². The topological polar surface area (TPSA) is 73.7 Å². The fraction of sp³-hybridized carbons (Fsp3) is 0.400. The second-order valence-corrected chi connectivity index (χ2v) is 6.41. The number of carbonyl (C=O) groups excluding carboxylic acids is 1. The molecule has 1 saturated heterocycles. The molecule has 0 saturated carbocycles. The third-order valence-corrected chi connectivity index (χ3v) is 4.40. The van der Waals surface area contributed by atoms with Gasteiger partial charge in [-0.2, -0.15) is 8.78 Å². The highest BCUT2D eigenvalue weighted by Crippen LogP contribution is 2.28. The van der Waals surface area contributed by atoms with E-state index < -0.39 is 11.7 Å². The van der Waals surface area contributed by atoms with Gasteiger partial charge in [-0.3, -0.25) is 4.79 Å². The predicted molar refractivity (Wildman–Crippen MR) is 110 cm³/mol. The molecule has 156 valence electrons. The standard InChI is InChI=1S/C20H26F2N6O/c1-5-8-23-18(28-11-9-27(10-12-28)17(29)6-2)15(4)26-16-13-24-19(25-14-16)20(21,22)7-3/h5-6,8,13-14,26H,2,4,7,9-12H2,1,3H3/b8-5-,23-18?. The molecule has 0 spiro atoms. The summed E-state index contributed by atoms with van der Waals surface area (Å²) in [6, 6.07) is 0. The molecule has 0 unspecified atom stereocenters. The van der Waals surface area contributed by atoms with Gasteiger partial charge in [0.2, 0.25) is 5.91 Å². The molecule has 2 rings (SSSR count). The summed E-state index contributed by atoms with van der Waals surface area (Å²) in [6.45, 7) is 13.0. The van der Waals surface area contributed by atoms with E-state index in [1.54, 1.807) is 17.2 Å². The van der Waals surface area contributed by atoms with Crippen LogP contribution in [0.4, 0.5) is 14.5 Å². The Morgan fingerprint density at radius 3 is 2.38 bits per heavy atom. The summed E-state index contributed by atoms with van der Waals surface area (Å²) in [5.74, 6) is -3.08. The summed E-state index contributed by atoms with van der Waals surface area (Å²) < 4.78 is 27.3. The lowest BCUT2D eigenvalue weighted by atomic mass is 10.2. The number of hydrogen-bond acceptors (Lipinski definition) is 5. The van der Waals surface area contributed by atoms with Crippen molar-refractivity contribution >= 4 is 17.4 Å². The van der Waals surface area contributed by atoms with Gasteiger partial charge >= 0.3 is 5.92 Å². The van der Waals surface area contributed by atoms with Crippen molar-refractivity contribution in [1.29, 1.82) is 0 Å². The average molecular weight is 404 g/mol. The molecule has 1 fully saturated rings. The Balaban J connectivity index is 2.10. The molecule has 0 radical (unpaired) electrons. The Morgan fingerprint density at radius 2 is 1.86 bits per heavy atom. The van der Waals surface area contributed by atoms with Crippen LogP contribution >= 0.6 is 0 Å². The van der Waals surface area contributed by atoms with Gasteiger partial charge in [0.05, 0.1) is 23.8 Å². The highest BCUT2D eigenvalue weighted by Gasteiger charge is 2.32.